The van der Waals surface area contributed by atoms with E-state index in [1.54, 1.807) is 52.8 Å². The van der Waals surface area contributed by atoms with Crippen LogP contribution in [0.3, 0.4) is 0 Å². The minimum Gasteiger partial charge on any atom is -0.486 e. The van der Waals surface area contributed by atoms with Crippen molar-refractivity contribution in [2.75, 3.05) is 19.8 Å². The zero-order chi connectivity index (χ0) is 85.2. The Morgan fingerprint density at radius 2 is 0.839 bits per heavy atom. The number of hydrogen-bond acceptors (Lipinski definition) is 15. The number of ketones is 6. The fourth-order valence-electron chi connectivity index (χ4n) is 25.7. The lowest BCUT2D eigenvalue weighted by atomic mass is 9.44. The summed E-state index contributed by atoms with van der Waals surface area (Å²) in [5.74, 6) is -10.5. The molecule has 0 spiro atoms. The van der Waals surface area contributed by atoms with E-state index in [1.807, 2.05) is 94.4 Å². The second kappa shape index (κ2) is 29.9. The van der Waals surface area contributed by atoms with E-state index >= 15 is 13.2 Å². The van der Waals surface area contributed by atoms with Crippen molar-refractivity contribution in [1.29, 1.82) is 0 Å². The molecule has 9 saturated carbocycles. The number of aliphatic hydroxyl groups is 6. The molecule has 24 atom stereocenters. The van der Waals surface area contributed by atoms with Crippen LogP contribution in [0.2, 0.25) is 0 Å². The van der Waals surface area contributed by atoms with Crippen molar-refractivity contribution >= 4 is 77.3 Å². The lowest BCUT2D eigenvalue weighted by Gasteiger charge is -2.62. The van der Waals surface area contributed by atoms with E-state index in [1.165, 1.54) is 48.1 Å². The van der Waals surface area contributed by atoms with Crippen LogP contribution in [-0.4, -0.2) is 137 Å². The molecule has 0 amide bonds. The Kier molecular flexibility index (Phi) is 21.7. The number of ether oxygens (including phenoxy) is 3. The van der Waals surface area contributed by atoms with Gasteiger partial charge >= 0.3 is 0 Å². The molecule has 5 aromatic rings. The Balaban J connectivity index is 0.000000139. The first-order valence-corrected chi connectivity index (χ1v) is 42.7. The quantitative estimate of drug-likeness (QED) is 0.0566. The maximum atomic E-state index is 17.4. The fraction of sp³-hybridized carbons (Fsp3) is 0.516. The van der Waals surface area contributed by atoms with Gasteiger partial charge in [0.05, 0.1) is 22.8 Å². The predicted molar refractivity (Wildman–Crippen MR) is 436 cm³/mol. The van der Waals surface area contributed by atoms with E-state index in [2.05, 4.69) is 44.0 Å². The second-order valence-corrected chi connectivity index (χ2v) is 39.1. The number of hydrogen-bond donors (Lipinski definition) is 6. The molecular formula is C95H102Br2F6O15. The Morgan fingerprint density at radius 1 is 0.466 bits per heavy atom. The van der Waals surface area contributed by atoms with E-state index in [0.29, 0.717) is 98.1 Å². The summed E-state index contributed by atoms with van der Waals surface area (Å²) in [6.45, 7) is 14.3. The van der Waals surface area contributed by atoms with Crippen LogP contribution in [0.4, 0.5) is 26.3 Å². The third-order valence-corrected chi connectivity index (χ3v) is 33.3. The average molecular weight is 1760 g/mol. The molecule has 628 valence electrons. The standard InChI is InChI=1S/C35H39FO5.C32H33Br2FO5.C28H30F4O5/c1-22-17-29-28-14-11-25-19-26(37)15-16-32(25,2)34(28,36)30(38)20-33(29,3)35(22,40)31(39)21-41-27-12-9-24(10-13-27)18-23-7-5-4-6-8-23;1-17-12-24-23-8-5-19-14-21(36)10-11-29(19,2)31(23,35)26(37)15-30(24,3)32(17,39)27(38)16-40-25-9-4-18-13-20(33)6-7-22(18)28(25)34;1-14-8-19-18-5-4-15-9-17(33)6-7-25(15,2)27(18,32)22(34)12-26(19,3)28(14,36)23(35)13-37-24-20(30)10-16(29)11-21(24)31/h4-10,12-13,15-16,19,22,28-30,38,40H,11,14,17-18,20-21H2,1-3H3;4,6-7,9-11,13-14,17,23-24,26,37,39H,5,8,12,15-16H2,1-3H3;6-7,9-11,14,18-19,22,34,36H,4-5,8,12-13H2,1-3H3/t22-,28?,29?,30+,32?,33?,34+,35+;17-,23?,24?,26+,29?,30?,31+,32+;14-,18?,19?,22+,25?,26?,27+,28+/m111/s1. The van der Waals surface area contributed by atoms with E-state index in [-0.39, 0.29) is 61.7 Å². The molecule has 0 aromatic heterocycles. The summed E-state index contributed by atoms with van der Waals surface area (Å²) in [7, 11) is 0. The maximum Gasteiger partial charge on any atom is 0.202 e. The number of benzene rings is 5. The maximum absolute atomic E-state index is 17.4. The van der Waals surface area contributed by atoms with Crippen LogP contribution in [0.15, 0.2) is 177 Å². The highest BCUT2D eigenvalue weighted by atomic mass is 79.9. The van der Waals surface area contributed by atoms with Crippen molar-refractivity contribution in [1.82, 2.24) is 0 Å². The lowest BCUT2D eigenvalue weighted by Crippen LogP contribution is -2.69. The van der Waals surface area contributed by atoms with Crippen molar-refractivity contribution in [3.05, 3.63) is 206 Å². The second-order valence-electron chi connectivity index (χ2n) is 37.4. The van der Waals surface area contributed by atoms with Gasteiger partial charge in [0, 0.05) is 66.8 Å². The number of carbonyl (C=O) groups excluding carboxylic acids is 6. The highest BCUT2D eigenvalue weighted by Crippen LogP contribution is 2.75. The zero-order valence-corrected chi connectivity index (χ0v) is 70.7. The third-order valence-electron chi connectivity index (χ3n) is 32.0. The monoisotopic (exact) mass is 1750 g/mol. The number of aliphatic hydroxyl groups excluding tert-OH is 3. The Labute approximate surface area is 699 Å². The largest absolute Gasteiger partial charge is 0.486 e. The molecule has 118 heavy (non-hydrogen) atoms. The van der Waals surface area contributed by atoms with Crippen molar-refractivity contribution in [3.8, 4) is 17.2 Å². The van der Waals surface area contributed by atoms with Gasteiger partial charge in [-0.25, -0.2) is 26.3 Å². The molecule has 0 aliphatic heterocycles. The Hall–Kier alpha value is -7.48. The lowest BCUT2D eigenvalue weighted by molar-refractivity contribution is -0.219. The van der Waals surface area contributed by atoms with Gasteiger partial charge in [0.1, 0.15) is 53.9 Å². The van der Waals surface area contributed by atoms with E-state index < -0.39 is 173 Å². The molecule has 0 radical (unpaired) electrons. The molecule has 0 saturated heterocycles. The number of Topliss-reactive ketones (excluding diaryl/α,β-unsaturated/α-hetero) is 3. The van der Waals surface area contributed by atoms with Crippen LogP contribution in [-0.2, 0) is 35.2 Å². The number of halogens is 8. The Morgan fingerprint density at radius 3 is 1.24 bits per heavy atom. The normalized spacial score (nSPS) is 40.7. The highest BCUT2D eigenvalue weighted by Gasteiger charge is 2.79. The summed E-state index contributed by atoms with van der Waals surface area (Å²) in [6, 6.07) is 28.2. The van der Waals surface area contributed by atoms with Crippen LogP contribution in [0.1, 0.15) is 150 Å². The molecule has 0 heterocycles. The van der Waals surface area contributed by atoms with Gasteiger partial charge in [-0.15, -0.1) is 0 Å². The molecule has 6 N–H and O–H groups in total. The van der Waals surface area contributed by atoms with E-state index in [9.17, 15) is 72.6 Å². The molecule has 23 heteroatoms. The van der Waals surface area contributed by atoms with Gasteiger partial charge in [0.2, 0.25) is 17.3 Å². The molecule has 5 aromatic carbocycles. The van der Waals surface area contributed by atoms with Crippen LogP contribution in [0.25, 0.3) is 10.8 Å². The number of rotatable bonds is 14. The first-order valence-electron chi connectivity index (χ1n) is 41.1. The number of fused-ring (bicyclic) bond motifs is 16. The minimum atomic E-state index is -2.12. The molecular weight excluding hydrogens is 1650 g/mol. The predicted octanol–water partition coefficient (Wildman–Crippen LogP) is 16.6. The molecule has 17 rings (SSSR count). The van der Waals surface area contributed by atoms with Crippen LogP contribution < -0.4 is 14.2 Å². The zero-order valence-electron chi connectivity index (χ0n) is 67.6. The molecule has 12 unspecified atom stereocenters. The van der Waals surface area contributed by atoms with Gasteiger partial charge in [-0.1, -0.05) is 147 Å². The number of alkyl halides is 3. The first kappa shape index (κ1) is 85.5. The first-order chi connectivity index (χ1) is 55.4. The van der Waals surface area contributed by atoms with Gasteiger partial charge in [0.25, 0.3) is 0 Å². The van der Waals surface area contributed by atoms with Gasteiger partial charge < -0.3 is 44.8 Å². The molecule has 0 bridgehead atoms. The van der Waals surface area contributed by atoms with Gasteiger partial charge in [-0.3, -0.25) is 28.8 Å². The molecule has 9 fully saturated rings. The van der Waals surface area contributed by atoms with Gasteiger partial charge in [-0.2, -0.15) is 0 Å². The van der Waals surface area contributed by atoms with Crippen molar-refractivity contribution in [3.63, 3.8) is 0 Å². The minimum absolute atomic E-state index is 0.0455. The SMILES string of the molecule is C[C@@H]1CC2C3CCC4=CC(=O)C=CC4(C)[C@@]3(F)[C@@H](O)CC2(C)[C@@]1(O)C(=O)COc1c(F)cc(F)cc1F.C[C@@H]1CC2C3CCC4=CC(=O)C=CC4(C)[C@@]3(F)[C@@H](O)CC2(C)[C@@]1(O)C(=O)COc1ccc(Cc2ccccc2)cc1.C[C@@H]1CC2C3CCC4=CC(=O)C=CC4(C)[C@@]3(F)[C@@H](O)CC2(C)[C@@]1(O)C(=O)COc1ccc2cc(Br)ccc2c1Br. The van der Waals surface area contributed by atoms with Crippen molar-refractivity contribution < 1.29 is 100.0 Å². The van der Waals surface area contributed by atoms with Gasteiger partial charge in [-0.05, 0) is 244 Å². The van der Waals surface area contributed by atoms with E-state index in [0.717, 1.165) is 31.7 Å². The third kappa shape index (κ3) is 12.4. The smallest absolute Gasteiger partial charge is 0.202 e. The number of allylic oxidation sites excluding steroid dienone is 12. The van der Waals surface area contributed by atoms with Crippen LogP contribution in [0.5, 0.6) is 17.2 Å². The van der Waals surface area contributed by atoms with Crippen molar-refractivity contribution in [2.24, 2.45) is 85.8 Å². The number of carbonyl (C=O) groups is 6. The molecule has 12 aliphatic carbocycles. The molecule has 15 nitrogen and oxygen atoms in total. The van der Waals surface area contributed by atoms with E-state index in [4.69, 9.17) is 14.2 Å². The Bertz CT molecular complexity index is 5140. The van der Waals surface area contributed by atoms with Crippen molar-refractivity contribution in [2.45, 2.75) is 198 Å². The summed E-state index contributed by atoms with van der Waals surface area (Å²) < 4.78 is 112. The molecule has 12 aliphatic rings. The summed E-state index contributed by atoms with van der Waals surface area (Å²) in [6.07, 6.45) is 13.4. The van der Waals surface area contributed by atoms with Crippen LogP contribution >= 0.6 is 31.9 Å². The van der Waals surface area contributed by atoms with Gasteiger partial charge in [0.15, 0.2) is 51.7 Å². The fourth-order valence-corrected chi connectivity index (χ4v) is 26.7. The topological polar surface area (TPSA) is 251 Å². The average Bonchev–Trinajstić information content (AvgIpc) is 1.40. The van der Waals surface area contributed by atoms with Crippen LogP contribution in [0, 0.1) is 103 Å². The highest BCUT2D eigenvalue weighted by molar-refractivity contribution is 9.11. The summed E-state index contributed by atoms with van der Waals surface area (Å²) in [4.78, 5) is 77.2. The summed E-state index contributed by atoms with van der Waals surface area (Å²) in [5, 5.41) is 72.6. The summed E-state index contributed by atoms with van der Waals surface area (Å²) >= 11 is 7.08. The summed E-state index contributed by atoms with van der Waals surface area (Å²) in [5.41, 5.74) is -14.1.